The van der Waals surface area contributed by atoms with Gasteiger partial charge >= 0.3 is 0 Å². The number of nitrogens with zero attached hydrogens (tertiary/aromatic N) is 4. The number of hydrogen-bond donors (Lipinski definition) is 1. The van der Waals surface area contributed by atoms with Crippen LogP contribution in [0.5, 0.6) is 0 Å². The Labute approximate surface area is 135 Å². The molecule has 3 heterocycles. The number of carbonyl (C=O) groups is 1. The SMILES string of the molecule is C[C@@H](CNC(=O)[C@H]1CCO[C@@H]1c1cnn(C)c1)Cn1cccn1. The van der Waals surface area contributed by atoms with Crippen molar-refractivity contribution >= 4 is 5.91 Å². The maximum Gasteiger partial charge on any atom is 0.226 e. The number of aryl methyl sites for hydroxylation is 1. The molecular formula is C16H23N5O2. The first-order valence-electron chi connectivity index (χ1n) is 7.99. The molecule has 0 spiro atoms. The van der Waals surface area contributed by atoms with Gasteiger partial charge in [-0.25, -0.2) is 0 Å². The van der Waals surface area contributed by atoms with Crippen LogP contribution in [0, 0.1) is 11.8 Å². The van der Waals surface area contributed by atoms with Crippen LogP contribution in [0.2, 0.25) is 0 Å². The van der Waals surface area contributed by atoms with Crippen molar-refractivity contribution in [3.63, 3.8) is 0 Å². The van der Waals surface area contributed by atoms with Crippen LogP contribution in [0.25, 0.3) is 0 Å². The minimum absolute atomic E-state index is 0.0590. The third-order valence-corrected chi connectivity index (χ3v) is 4.16. The molecule has 1 aliphatic heterocycles. The Morgan fingerprint density at radius 2 is 2.39 bits per heavy atom. The van der Waals surface area contributed by atoms with E-state index in [1.54, 1.807) is 17.1 Å². The zero-order chi connectivity index (χ0) is 16.2. The first-order chi connectivity index (χ1) is 11.1. The molecular weight excluding hydrogens is 294 g/mol. The van der Waals surface area contributed by atoms with Gasteiger partial charge in [0.2, 0.25) is 5.91 Å². The summed E-state index contributed by atoms with van der Waals surface area (Å²) in [5.74, 6) is 0.234. The van der Waals surface area contributed by atoms with Crippen molar-refractivity contribution in [2.75, 3.05) is 13.2 Å². The van der Waals surface area contributed by atoms with Gasteiger partial charge in [-0.15, -0.1) is 0 Å². The van der Waals surface area contributed by atoms with E-state index < -0.39 is 0 Å². The van der Waals surface area contributed by atoms with Gasteiger partial charge in [-0.05, 0) is 18.4 Å². The average molecular weight is 317 g/mol. The van der Waals surface area contributed by atoms with Crippen LogP contribution in [0.1, 0.15) is 25.0 Å². The number of rotatable bonds is 6. The van der Waals surface area contributed by atoms with E-state index in [2.05, 4.69) is 22.4 Å². The highest BCUT2D eigenvalue weighted by atomic mass is 16.5. The van der Waals surface area contributed by atoms with Crippen LogP contribution in [0.4, 0.5) is 0 Å². The fourth-order valence-corrected chi connectivity index (χ4v) is 2.97. The summed E-state index contributed by atoms with van der Waals surface area (Å²) in [6.45, 7) is 4.14. The number of ether oxygens (including phenoxy) is 1. The maximum absolute atomic E-state index is 12.5. The van der Waals surface area contributed by atoms with Crippen molar-refractivity contribution in [2.24, 2.45) is 18.9 Å². The molecule has 1 amide bonds. The molecule has 0 radical (unpaired) electrons. The zero-order valence-electron chi connectivity index (χ0n) is 13.6. The van der Waals surface area contributed by atoms with Gasteiger partial charge < -0.3 is 10.1 Å². The lowest BCUT2D eigenvalue weighted by molar-refractivity contribution is -0.127. The predicted octanol–water partition coefficient (Wildman–Crippen LogP) is 1.15. The lowest BCUT2D eigenvalue weighted by Crippen LogP contribution is -2.36. The molecule has 3 rings (SSSR count). The molecule has 0 aromatic carbocycles. The summed E-state index contributed by atoms with van der Waals surface area (Å²) in [7, 11) is 1.87. The molecule has 124 valence electrons. The zero-order valence-corrected chi connectivity index (χ0v) is 13.6. The highest BCUT2D eigenvalue weighted by Crippen LogP contribution is 2.34. The van der Waals surface area contributed by atoms with E-state index in [0.717, 1.165) is 18.5 Å². The third kappa shape index (κ3) is 3.79. The molecule has 23 heavy (non-hydrogen) atoms. The molecule has 1 fully saturated rings. The van der Waals surface area contributed by atoms with Gasteiger partial charge in [0.1, 0.15) is 0 Å². The third-order valence-electron chi connectivity index (χ3n) is 4.16. The Kier molecular flexibility index (Phi) is 4.76. The van der Waals surface area contributed by atoms with Crippen molar-refractivity contribution in [1.82, 2.24) is 24.9 Å². The Morgan fingerprint density at radius 3 is 3.09 bits per heavy atom. The molecule has 0 saturated carbocycles. The van der Waals surface area contributed by atoms with Crippen LogP contribution in [-0.2, 0) is 23.1 Å². The first kappa shape index (κ1) is 15.7. The lowest BCUT2D eigenvalue weighted by atomic mass is 9.96. The highest BCUT2D eigenvalue weighted by Gasteiger charge is 2.35. The fourth-order valence-electron chi connectivity index (χ4n) is 2.97. The second kappa shape index (κ2) is 6.95. The van der Waals surface area contributed by atoms with Crippen LogP contribution in [0.15, 0.2) is 30.9 Å². The van der Waals surface area contributed by atoms with Crippen molar-refractivity contribution < 1.29 is 9.53 Å². The Balaban J connectivity index is 1.53. The van der Waals surface area contributed by atoms with E-state index in [1.165, 1.54) is 0 Å². The van der Waals surface area contributed by atoms with Crippen molar-refractivity contribution in [3.8, 4) is 0 Å². The maximum atomic E-state index is 12.5. The largest absolute Gasteiger partial charge is 0.373 e. The minimum atomic E-state index is -0.190. The normalized spacial score (nSPS) is 22.2. The quantitative estimate of drug-likeness (QED) is 0.867. The molecule has 3 atom stereocenters. The molecule has 7 heteroatoms. The summed E-state index contributed by atoms with van der Waals surface area (Å²) >= 11 is 0. The molecule has 1 saturated heterocycles. The average Bonchev–Trinajstić information content (AvgIpc) is 3.25. The molecule has 0 aliphatic carbocycles. The minimum Gasteiger partial charge on any atom is -0.373 e. The second-order valence-electron chi connectivity index (χ2n) is 6.21. The van der Waals surface area contributed by atoms with Crippen molar-refractivity contribution in [3.05, 3.63) is 36.4 Å². The van der Waals surface area contributed by atoms with E-state index in [1.807, 2.05) is 30.2 Å². The molecule has 2 aromatic heterocycles. The summed E-state index contributed by atoms with van der Waals surface area (Å²) in [5.41, 5.74) is 0.967. The Morgan fingerprint density at radius 1 is 1.52 bits per heavy atom. The van der Waals surface area contributed by atoms with Gasteiger partial charge in [-0.1, -0.05) is 6.92 Å². The van der Waals surface area contributed by atoms with Gasteiger partial charge in [0.15, 0.2) is 0 Å². The number of hydrogen-bond acceptors (Lipinski definition) is 4. The number of carbonyl (C=O) groups excluding carboxylic acids is 1. The summed E-state index contributed by atoms with van der Waals surface area (Å²) in [6.07, 6.45) is 7.94. The van der Waals surface area contributed by atoms with Crippen LogP contribution in [0.3, 0.4) is 0 Å². The first-order valence-corrected chi connectivity index (χ1v) is 7.99. The standard InChI is InChI=1S/C16H23N5O2/c1-12(10-21-6-3-5-18-21)8-17-16(22)14-4-7-23-15(14)13-9-19-20(2)11-13/h3,5-6,9,11-12,14-15H,4,7-8,10H2,1-2H3,(H,17,22)/t12-,14-,15+/m0/s1. The lowest BCUT2D eigenvalue weighted by Gasteiger charge is -2.19. The van der Waals surface area contributed by atoms with Crippen molar-refractivity contribution in [1.29, 1.82) is 0 Å². The number of aromatic nitrogens is 4. The summed E-state index contributed by atoms with van der Waals surface area (Å²) in [5, 5.41) is 11.4. The van der Waals surface area contributed by atoms with Gasteiger partial charge in [0.25, 0.3) is 0 Å². The van der Waals surface area contributed by atoms with Crippen molar-refractivity contribution in [2.45, 2.75) is 26.0 Å². The Bertz CT molecular complexity index is 637. The summed E-state index contributed by atoms with van der Waals surface area (Å²) in [4.78, 5) is 12.5. The van der Waals surface area contributed by atoms with Gasteiger partial charge in [0, 0.05) is 50.9 Å². The van der Waals surface area contributed by atoms with E-state index in [9.17, 15) is 4.79 Å². The van der Waals surface area contributed by atoms with Gasteiger partial charge in [-0.3, -0.25) is 14.2 Å². The molecule has 1 N–H and O–H groups in total. The highest BCUT2D eigenvalue weighted by molar-refractivity contribution is 5.79. The molecule has 1 aliphatic rings. The topological polar surface area (TPSA) is 74.0 Å². The molecule has 0 unspecified atom stereocenters. The monoisotopic (exact) mass is 317 g/mol. The van der Waals surface area contributed by atoms with E-state index in [0.29, 0.717) is 19.1 Å². The smallest absolute Gasteiger partial charge is 0.226 e. The number of amides is 1. The molecule has 2 aromatic rings. The van der Waals surface area contributed by atoms with E-state index >= 15 is 0 Å². The Hall–Kier alpha value is -2.15. The fraction of sp³-hybridized carbons (Fsp3) is 0.562. The van der Waals surface area contributed by atoms with Gasteiger partial charge in [-0.2, -0.15) is 10.2 Å². The summed E-state index contributed by atoms with van der Waals surface area (Å²) in [6, 6.07) is 1.90. The molecule has 0 bridgehead atoms. The summed E-state index contributed by atoms with van der Waals surface area (Å²) < 4.78 is 9.37. The van der Waals surface area contributed by atoms with Crippen LogP contribution in [-0.4, -0.2) is 38.6 Å². The second-order valence-corrected chi connectivity index (χ2v) is 6.21. The van der Waals surface area contributed by atoms with E-state index in [4.69, 9.17) is 4.74 Å². The number of nitrogens with one attached hydrogen (secondary N) is 1. The van der Waals surface area contributed by atoms with E-state index in [-0.39, 0.29) is 17.9 Å². The predicted molar refractivity (Wildman–Crippen MR) is 84.4 cm³/mol. The molecule has 7 nitrogen and oxygen atoms in total. The van der Waals surface area contributed by atoms with Gasteiger partial charge in [0.05, 0.1) is 18.2 Å². The van der Waals surface area contributed by atoms with Crippen LogP contribution < -0.4 is 5.32 Å². The van der Waals surface area contributed by atoms with Crippen LogP contribution >= 0.6 is 0 Å².